The lowest BCUT2D eigenvalue weighted by Gasteiger charge is -2.23. The average molecular weight is 786 g/mol. The summed E-state index contributed by atoms with van der Waals surface area (Å²) < 4.78 is 6.71. The highest BCUT2D eigenvalue weighted by molar-refractivity contribution is 6.22. The molecule has 0 radical (unpaired) electrons. The van der Waals surface area contributed by atoms with Crippen LogP contribution in [0.4, 0.5) is 0 Å². The molecule has 13 rings (SSSR count). The van der Waals surface area contributed by atoms with E-state index in [4.69, 9.17) is 24.5 Å². The third kappa shape index (κ3) is 5.12. The highest BCUT2D eigenvalue weighted by Crippen LogP contribution is 2.53. The zero-order valence-corrected chi connectivity index (χ0v) is 32.2. The van der Waals surface area contributed by atoms with E-state index in [1.807, 2.05) is 60.8 Å². The summed E-state index contributed by atoms with van der Waals surface area (Å²) in [5.74, 6) is 0.398. The Morgan fingerprint density at radius 2 is 1.33 bits per heavy atom. The van der Waals surface area contributed by atoms with Crippen molar-refractivity contribution in [2.45, 2.75) is 0 Å². The molecule has 6 aromatic carbocycles. The van der Waals surface area contributed by atoms with Gasteiger partial charge in [0, 0.05) is 84.0 Å². The maximum Gasteiger partial charge on any atom is 0.246 e. The van der Waals surface area contributed by atoms with E-state index in [0.717, 1.165) is 110 Å². The molecule has 0 aliphatic carbocycles. The third-order valence-corrected chi connectivity index (χ3v) is 11.8. The monoisotopic (exact) mass is 785 g/mol. The summed E-state index contributed by atoms with van der Waals surface area (Å²) in [7, 11) is 0. The molecule has 0 bridgehead atoms. The van der Waals surface area contributed by atoms with Crippen molar-refractivity contribution >= 4 is 65.5 Å². The quantitative estimate of drug-likeness (QED) is 0.132. The Kier molecular flexibility index (Phi) is 7.07. The van der Waals surface area contributed by atoms with Gasteiger partial charge in [-0.1, -0.05) is 96.2 Å². The van der Waals surface area contributed by atoms with Crippen molar-refractivity contribution in [1.29, 1.82) is 0 Å². The second-order valence-electron chi connectivity index (χ2n) is 15.3. The van der Waals surface area contributed by atoms with Crippen LogP contribution >= 0.6 is 0 Å². The number of nitrogens with one attached hydrogen (secondary N) is 4. The number of hydrogen-bond donors (Lipinski definition) is 4. The van der Waals surface area contributed by atoms with Gasteiger partial charge in [0.1, 0.15) is 16.7 Å². The Bertz CT molecular complexity index is 3780. The lowest BCUT2D eigenvalue weighted by Crippen LogP contribution is -2.02. The van der Waals surface area contributed by atoms with Gasteiger partial charge in [-0.05, 0) is 66.0 Å². The van der Waals surface area contributed by atoms with Crippen LogP contribution in [0.1, 0.15) is 0 Å². The van der Waals surface area contributed by atoms with Crippen LogP contribution in [-0.2, 0) is 0 Å². The van der Waals surface area contributed by atoms with E-state index in [-0.39, 0.29) is 0 Å². The fourth-order valence-electron chi connectivity index (χ4n) is 9.07. The van der Waals surface area contributed by atoms with E-state index in [0.29, 0.717) is 22.9 Å². The number of benzene rings is 6. The normalized spacial score (nSPS) is 11.9. The molecule has 0 atom stereocenters. The van der Waals surface area contributed by atoms with E-state index in [1.54, 1.807) is 0 Å². The first-order valence-electron chi connectivity index (χ1n) is 20.1. The molecule has 7 heterocycles. The number of aromatic amines is 4. The van der Waals surface area contributed by atoms with Gasteiger partial charge in [-0.25, -0.2) is 15.0 Å². The van der Waals surface area contributed by atoms with Gasteiger partial charge in [-0.3, -0.25) is 5.10 Å². The highest BCUT2D eigenvalue weighted by atomic mass is 16.3. The molecule has 4 N–H and O–H groups in total. The van der Waals surface area contributed by atoms with Gasteiger partial charge in [0.25, 0.3) is 0 Å². The number of para-hydroxylation sites is 4. The first kappa shape index (κ1) is 33.4. The van der Waals surface area contributed by atoms with Crippen molar-refractivity contribution in [3.63, 3.8) is 0 Å². The van der Waals surface area contributed by atoms with Gasteiger partial charge in [-0.2, -0.15) is 0 Å². The van der Waals surface area contributed by atoms with Gasteiger partial charge in [0.2, 0.25) is 5.89 Å². The molecule has 13 aromatic rings. The molecule has 0 aliphatic rings. The van der Waals surface area contributed by atoms with Crippen molar-refractivity contribution in [3.8, 4) is 67.9 Å². The summed E-state index contributed by atoms with van der Waals surface area (Å²) in [6.07, 6.45) is 4.01. The second kappa shape index (κ2) is 12.9. The molecule has 0 spiro atoms. The number of rotatable bonds is 6. The number of hydrogen-bond acceptors (Lipinski definition) is 6. The molecule has 0 saturated heterocycles. The molecule has 61 heavy (non-hydrogen) atoms. The van der Waals surface area contributed by atoms with Gasteiger partial charge in [0.05, 0.1) is 28.1 Å². The number of nitrogens with zero attached hydrogens (tertiary/aromatic N) is 5. The Morgan fingerprint density at radius 3 is 2.21 bits per heavy atom. The molecule has 0 fully saturated rings. The SMILES string of the molecule is c1c[nH]c(-c2cc3c(-c4ccc5ccccc5n4)nc(-c4nc5ccccc5o4)c(-c4[nH]cc5ccccc45)c3c(-c3cc4ccccc4[nH]3)c2-c2cccc3[nH]nnc23)c1. The van der Waals surface area contributed by atoms with Crippen molar-refractivity contribution in [2.24, 2.45) is 0 Å². The molecule has 7 aromatic heterocycles. The minimum absolute atomic E-state index is 0.398. The molecule has 10 nitrogen and oxygen atoms in total. The number of pyridine rings is 2. The van der Waals surface area contributed by atoms with Crippen LogP contribution in [0.25, 0.3) is 133 Å². The largest absolute Gasteiger partial charge is 0.435 e. The van der Waals surface area contributed by atoms with Gasteiger partial charge < -0.3 is 19.4 Å². The van der Waals surface area contributed by atoms with E-state index < -0.39 is 0 Å². The molecular weight excluding hydrogens is 755 g/mol. The fraction of sp³-hybridized carbons (Fsp3) is 0. The van der Waals surface area contributed by atoms with Gasteiger partial charge >= 0.3 is 0 Å². The molecular formula is C51H31N9O. The molecule has 0 unspecified atom stereocenters. The van der Waals surface area contributed by atoms with Crippen LogP contribution in [-0.4, -0.2) is 45.3 Å². The third-order valence-electron chi connectivity index (χ3n) is 11.8. The molecule has 0 amide bonds. The van der Waals surface area contributed by atoms with Crippen molar-refractivity contribution in [2.75, 3.05) is 0 Å². The Morgan fingerprint density at radius 1 is 0.508 bits per heavy atom. The maximum absolute atomic E-state index is 6.71. The minimum atomic E-state index is 0.398. The van der Waals surface area contributed by atoms with Gasteiger partial charge in [0.15, 0.2) is 5.58 Å². The van der Waals surface area contributed by atoms with Crippen LogP contribution < -0.4 is 0 Å². The van der Waals surface area contributed by atoms with E-state index in [2.05, 4.69) is 129 Å². The summed E-state index contributed by atoms with van der Waals surface area (Å²) in [5, 5.41) is 18.2. The number of oxazole rings is 1. The van der Waals surface area contributed by atoms with Crippen LogP contribution in [0.15, 0.2) is 168 Å². The predicted molar refractivity (Wildman–Crippen MR) is 243 cm³/mol. The number of aromatic nitrogens is 9. The summed E-state index contributed by atoms with van der Waals surface area (Å²) in [4.78, 5) is 27.2. The summed E-state index contributed by atoms with van der Waals surface area (Å²) >= 11 is 0. The zero-order chi connectivity index (χ0) is 40.0. The first-order valence-corrected chi connectivity index (χ1v) is 20.1. The Balaban J connectivity index is 1.31. The Labute approximate surface area is 346 Å². The Hall–Kier alpha value is -8.63. The second-order valence-corrected chi connectivity index (χ2v) is 15.3. The predicted octanol–water partition coefficient (Wildman–Crippen LogP) is 12.5. The number of fused-ring (bicyclic) bond motifs is 6. The van der Waals surface area contributed by atoms with Gasteiger partial charge in [-0.15, -0.1) is 5.10 Å². The van der Waals surface area contributed by atoms with Crippen LogP contribution in [0.3, 0.4) is 0 Å². The van der Waals surface area contributed by atoms with E-state index in [9.17, 15) is 0 Å². The van der Waals surface area contributed by atoms with Crippen LogP contribution in [0, 0.1) is 0 Å². The lowest BCUT2D eigenvalue weighted by molar-refractivity contribution is 0.617. The zero-order valence-electron chi connectivity index (χ0n) is 32.2. The summed E-state index contributed by atoms with van der Waals surface area (Å²) in [5.41, 5.74) is 14.2. The maximum atomic E-state index is 6.71. The van der Waals surface area contributed by atoms with E-state index in [1.165, 1.54) is 0 Å². The van der Waals surface area contributed by atoms with Crippen molar-refractivity contribution in [3.05, 3.63) is 164 Å². The fourth-order valence-corrected chi connectivity index (χ4v) is 9.07. The molecule has 0 aliphatic heterocycles. The average Bonchev–Trinajstić information content (AvgIpc) is 4.17. The van der Waals surface area contributed by atoms with E-state index >= 15 is 0 Å². The van der Waals surface area contributed by atoms with Crippen LogP contribution in [0.2, 0.25) is 0 Å². The molecule has 10 heteroatoms. The number of H-pyrrole nitrogens is 4. The first-order chi connectivity index (χ1) is 30.2. The molecule has 0 saturated carbocycles. The van der Waals surface area contributed by atoms with Crippen molar-refractivity contribution < 1.29 is 4.42 Å². The lowest BCUT2D eigenvalue weighted by atomic mass is 9.83. The molecule has 286 valence electrons. The topological polar surface area (TPSA) is 141 Å². The smallest absolute Gasteiger partial charge is 0.246 e. The summed E-state index contributed by atoms with van der Waals surface area (Å²) in [6, 6.07) is 51.8. The van der Waals surface area contributed by atoms with Crippen LogP contribution in [0.5, 0.6) is 0 Å². The highest BCUT2D eigenvalue weighted by Gasteiger charge is 2.31. The minimum Gasteiger partial charge on any atom is -0.435 e. The standard InChI is InChI=1S/C51H31N9O/c1-4-14-31-30(13-1)27-53-49(31)46-44-34(47(39-23-22-28-11-2-5-16-35(28)54-39)57-50(46)51-56-38-18-7-8-21-42(38)61-51)26-33(37-20-10-24-52-37)43(32-15-9-19-40-48(32)59-60-58-40)45(44)41-25-29-12-3-6-17-36(29)55-41/h1-27,52-53,55H,(H,58,59,60). The summed E-state index contributed by atoms with van der Waals surface area (Å²) in [6.45, 7) is 0. The van der Waals surface area contributed by atoms with Crippen molar-refractivity contribution in [1.82, 2.24) is 45.3 Å².